The highest BCUT2D eigenvalue weighted by Gasteiger charge is 2.19. The summed E-state index contributed by atoms with van der Waals surface area (Å²) in [6, 6.07) is 5.40. The molecule has 0 radical (unpaired) electrons. The van der Waals surface area contributed by atoms with E-state index in [0.29, 0.717) is 34.7 Å². The summed E-state index contributed by atoms with van der Waals surface area (Å²) in [6.07, 6.45) is 1.58. The average molecular weight is 299 g/mol. The molecule has 3 aromatic rings. The lowest BCUT2D eigenvalue weighted by Gasteiger charge is -2.09. The summed E-state index contributed by atoms with van der Waals surface area (Å²) in [5.41, 5.74) is 2.37. The summed E-state index contributed by atoms with van der Waals surface area (Å²) in [7, 11) is 0. The van der Waals surface area contributed by atoms with E-state index >= 15 is 0 Å². The predicted octanol–water partition coefficient (Wildman–Crippen LogP) is 3.18. The molecule has 6 nitrogen and oxygen atoms in total. The Morgan fingerprint density at radius 2 is 2.23 bits per heavy atom. The number of carbonyl (C=O) groups excluding carboxylic acids is 1. The maximum Gasteiger partial charge on any atom is 0.259 e. The fourth-order valence-electron chi connectivity index (χ4n) is 2.26. The molecule has 3 rings (SSSR count). The van der Waals surface area contributed by atoms with E-state index in [1.807, 2.05) is 19.9 Å². The van der Waals surface area contributed by atoms with Crippen LogP contribution >= 0.6 is 0 Å². The number of rotatable bonds is 4. The van der Waals surface area contributed by atoms with E-state index in [0.717, 1.165) is 5.69 Å². The standard InChI is InChI=1S/C16H17N3O3/c1-9(2)13-7-12(14-10(3)19-22-16(14)18-13)15(20)17-8-11-5-4-6-21-11/h4-7,9H,8H2,1-3H3,(H,17,20). The molecule has 0 aromatic carbocycles. The van der Waals surface area contributed by atoms with Gasteiger partial charge in [0.2, 0.25) is 0 Å². The maximum atomic E-state index is 12.5. The van der Waals surface area contributed by atoms with Gasteiger partial charge in [-0.1, -0.05) is 19.0 Å². The summed E-state index contributed by atoms with van der Waals surface area (Å²) in [6.45, 7) is 6.16. The molecule has 0 saturated carbocycles. The Morgan fingerprint density at radius 1 is 1.41 bits per heavy atom. The molecule has 0 saturated heterocycles. The largest absolute Gasteiger partial charge is 0.467 e. The first-order chi connectivity index (χ1) is 10.6. The SMILES string of the molecule is Cc1noc2nc(C(C)C)cc(C(=O)NCc3ccco3)c12. The number of hydrogen-bond donors (Lipinski definition) is 1. The van der Waals surface area contributed by atoms with Crippen LogP contribution in [0.5, 0.6) is 0 Å². The van der Waals surface area contributed by atoms with Gasteiger partial charge in [-0.3, -0.25) is 4.79 Å². The van der Waals surface area contributed by atoms with Crippen LogP contribution in [0.25, 0.3) is 11.1 Å². The highest BCUT2D eigenvalue weighted by Crippen LogP contribution is 2.25. The van der Waals surface area contributed by atoms with Gasteiger partial charge in [-0.15, -0.1) is 0 Å². The second-order valence-electron chi connectivity index (χ2n) is 5.46. The molecule has 0 bridgehead atoms. The number of amides is 1. The number of hydrogen-bond acceptors (Lipinski definition) is 5. The van der Waals surface area contributed by atoms with Crippen molar-refractivity contribution in [2.75, 3.05) is 0 Å². The Bertz CT molecular complexity index is 804. The van der Waals surface area contributed by atoms with Gasteiger partial charge in [0.1, 0.15) is 5.76 Å². The molecule has 0 unspecified atom stereocenters. The number of fused-ring (bicyclic) bond motifs is 1. The van der Waals surface area contributed by atoms with Gasteiger partial charge in [-0.2, -0.15) is 0 Å². The van der Waals surface area contributed by atoms with E-state index in [2.05, 4.69) is 15.5 Å². The average Bonchev–Trinajstić information content (AvgIpc) is 3.14. The Labute approximate surface area is 127 Å². The molecule has 0 fully saturated rings. The van der Waals surface area contributed by atoms with Gasteiger partial charge < -0.3 is 14.3 Å². The smallest absolute Gasteiger partial charge is 0.259 e. The summed E-state index contributed by atoms with van der Waals surface area (Å²) >= 11 is 0. The van der Waals surface area contributed by atoms with E-state index in [1.165, 1.54) is 0 Å². The minimum absolute atomic E-state index is 0.187. The van der Waals surface area contributed by atoms with Gasteiger partial charge in [0, 0.05) is 5.69 Å². The number of carbonyl (C=O) groups is 1. The van der Waals surface area contributed by atoms with Gasteiger partial charge in [-0.25, -0.2) is 4.98 Å². The Kier molecular flexibility index (Phi) is 3.66. The van der Waals surface area contributed by atoms with Crippen LogP contribution < -0.4 is 5.32 Å². The van der Waals surface area contributed by atoms with Crippen molar-refractivity contribution in [3.05, 3.63) is 47.2 Å². The topological polar surface area (TPSA) is 81.2 Å². The van der Waals surface area contributed by atoms with Gasteiger partial charge in [0.05, 0.1) is 29.5 Å². The van der Waals surface area contributed by atoms with Gasteiger partial charge in [-0.05, 0) is 31.0 Å². The predicted molar refractivity (Wildman–Crippen MR) is 80.5 cm³/mol. The second-order valence-corrected chi connectivity index (χ2v) is 5.46. The molecule has 1 amide bonds. The first-order valence-electron chi connectivity index (χ1n) is 7.13. The van der Waals surface area contributed by atoms with E-state index in [1.54, 1.807) is 25.3 Å². The Balaban J connectivity index is 1.96. The van der Waals surface area contributed by atoms with Crippen LogP contribution in [-0.4, -0.2) is 16.0 Å². The Morgan fingerprint density at radius 3 is 2.91 bits per heavy atom. The van der Waals surface area contributed by atoms with Crippen molar-refractivity contribution in [3.8, 4) is 0 Å². The molecule has 3 aromatic heterocycles. The zero-order chi connectivity index (χ0) is 15.7. The zero-order valence-corrected chi connectivity index (χ0v) is 12.7. The van der Waals surface area contributed by atoms with E-state index in [9.17, 15) is 4.79 Å². The molecule has 0 aliphatic heterocycles. The number of nitrogens with zero attached hydrogens (tertiary/aromatic N) is 2. The third-order valence-electron chi connectivity index (χ3n) is 3.48. The monoisotopic (exact) mass is 299 g/mol. The summed E-state index contributed by atoms with van der Waals surface area (Å²) < 4.78 is 10.4. The van der Waals surface area contributed by atoms with Crippen molar-refractivity contribution in [1.82, 2.24) is 15.5 Å². The Hall–Kier alpha value is -2.63. The van der Waals surface area contributed by atoms with E-state index in [4.69, 9.17) is 8.94 Å². The van der Waals surface area contributed by atoms with Crippen LogP contribution in [0.15, 0.2) is 33.4 Å². The molecule has 114 valence electrons. The molecular formula is C16H17N3O3. The van der Waals surface area contributed by atoms with Crippen molar-refractivity contribution in [1.29, 1.82) is 0 Å². The fraction of sp³-hybridized carbons (Fsp3) is 0.312. The van der Waals surface area contributed by atoms with E-state index in [-0.39, 0.29) is 11.8 Å². The van der Waals surface area contributed by atoms with Crippen LogP contribution in [-0.2, 0) is 6.54 Å². The quantitative estimate of drug-likeness (QED) is 0.800. The van der Waals surface area contributed by atoms with Crippen molar-refractivity contribution < 1.29 is 13.7 Å². The van der Waals surface area contributed by atoms with Gasteiger partial charge >= 0.3 is 0 Å². The van der Waals surface area contributed by atoms with Crippen LogP contribution in [0.1, 0.15) is 47.3 Å². The molecule has 0 aliphatic rings. The van der Waals surface area contributed by atoms with Crippen LogP contribution in [0.2, 0.25) is 0 Å². The molecule has 0 atom stereocenters. The minimum Gasteiger partial charge on any atom is -0.467 e. The van der Waals surface area contributed by atoms with Crippen molar-refractivity contribution in [2.45, 2.75) is 33.2 Å². The van der Waals surface area contributed by atoms with Crippen LogP contribution in [0, 0.1) is 6.92 Å². The molecular weight excluding hydrogens is 282 g/mol. The number of aromatic nitrogens is 2. The normalized spacial score (nSPS) is 11.3. The minimum atomic E-state index is -0.197. The number of aryl methyl sites for hydroxylation is 1. The molecule has 0 aliphatic carbocycles. The summed E-state index contributed by atoms with van der Waals surface area (Å²) in [5.74, 6) is 0.688. The first kappa shape index (κ1) is 14.3. The fourth-order valence-corrected chi connectivity index (χ4v) is 2.26. The van der Waals surface area contributed by atoms with Gasteiger partial charge in [0.25, 0.3) is 11.6 Å². The van der Waals surface area contributed by atoms with Crippen LogP contribution in [0.3, 0.4) is 0 Å². The third kappa shape index (κ3) is 2.59. The summed E-state index contributed by atoms with van der Waals surface area (Å²) in [5, 5.41) is 7.41. The van der Waals surface area contributed by atoms with Crippen LogP contribution in [0.4, 0.5) is 0 Å². The number of furan rings is 1. The van der Waals surface area contributed by atoms with Crippen molar-refractivity contribution >= 4 is 17.0 Å². The highest BCUT2D eigenvalue weighted by molar-refractivity contribution is 6.06. The van der Waals surface area contributed by atoms with E-state index < -0.39 is 0 Å². The number of nitrogens with one attached hydrogen (secondary N) is 1. The van der Waals surface area contributed by atoms with Crippen molar-refractivity contribution in [2.24, 2.45) is 0 Å². The highest BCUT2D eigenvalue weighted by atomic mass is 16.5. The summed E-state index contributed by atoms with van der Waals surface area (Å²) in [4.78, 5) is 16.9. The first-order valence-corrected chi connectivity index (χ1v) is 7.13. The second kappa shape index (κ2) is 5.63. The molecule has 6 heteroatoms. The third-order valence-corrected chi connectivity index (χ3v) is 3.48. The molecule has 3 heterocycles. The van der Waals surface area contributed by atoms with Gasteiger partial charge in [0.15, 0.2) is 0 Å². The molecule has 22 heavy (non-hydrogen) atoms. The molecule has 0 spiro atoms. The lowest BCUT2D eigenvalue weighted by Crippen LogP contribution is -2.23. The molecule has 1 N–H and O–H groups in total. The van der Waals surface area contributed by atoms with Crippen molar-refractivity contribution in [3.63, 3.8) is 0 Å². The maximum absolute atomic E-state index is 12.5. The zero-order valence-electron chi connectivity index (χ0n) is 12.7. The lowest BCUT2D eigenvalue weighted by atomic mass is 10.0. The number of pyridine rings is 1. The lowest BCUT2D eigenvalue weighted by molar-refractivity contribution is 0.0949.